The Labute approximate surface area is 236 Å². The summed E-state index contributed by atoms with van der Waals surface area (Å²) in [6.45, 7) is 0.266. The second kappa shape index (κ2) is 13.3. The molecule has 1 aliphatic rings. The van der Waals surface area contributed by atoms with Crippen molar-refractivity contribution in [2.24, 2.45) is 5.73 Å². The van der Waals surface area contributed by atoms with E-state index in [1.165, 1.54) is 23.1 Å². The van der Waals surface area contributed by atoms with E-state index in [2.05, 4.69) is 10.6 Å². The molecule has 0 saturated carbocycles. The highest BCUT2D eigenvalue weighted by molar-refractivity contribution is 6.31. The zero-order chi connectivity index (χ0) is 28.6. The number of halogens is 2. The Morgan fingerprint density at radius 2 is 1.65 bits per heavy atom. The average molecular weight is 565 g/mol. The van der Waals surface area contributed by atoms with Crippen molar-refractivity contribution in [2.75, 3.05) is 11.9 Å². The lowest BCUT2D eigenvalue weighted by atomic mass is 9.92. The Morgan fingerprint density at radius 3 is 2.38 bits per heavy atom. The number of carbonyl (C=O) groups is 4. The molecule has 40 heavy (non-hydrogen) atoms. The van der Waals surface area contributed by atoms with E-state index in [0.717, 1.165) is 11.1 Å². The van der Waals surface area contributed by atoms with E-state index in [-0.39, 0.29) is 61.2 Å². The van der Waals surface area contributed by atoms with Gasteiger partial charge >= 0.3 is 0 Å². The van der Waals surface area contributed by atoms with Gasteiger partial charge in [-0.15, -0.1) is 0 Å². The van der Waals surface area contributed by atoms with E-state index < -0.39 is 29.7 Å². The molecule has 2 atom stereocenters. The van der Waals surface area contributed by atoms with Crippen LogP contribution in [-0.2, 0) is 27.3 Å². The highest BCUT2D eigenvalue weighted by Gasteiger charge is 2.36. The lowest BCUT2D eigenvalue weighted by Crippen LogP contribution is -2.56. The van der Waals surface area contributed by atoms with Gasteiger partial charge in [-0.1, -0.05) is 72.3 Å². The minimum Gasteiger partial charge on any atom is -0.342 e. The van der Waals surface area contributed by atoms with Crippen LogP contribution in [-0.4, -0.2) is 47.0 Å². The molecule has 0 spiro atoms. The summed E-state index contributed by atoms with van der Waals surface area (Å²) in [5.41, 5.74) is 7.90. The van der Waals surface area contributed by atoms with Crippen molar-refractivity contribution in [3.8, 4) is 0 Å². The molecule has 0 saturated heterocycles. The molecule has 3 aromatic rings. The zero-order valence-electron chi connectivity index (χ0n) is 21.7. The number of anilines is 1. The van der Waals surface area contributed by atoms with E-state index in [4.69, 9.17) is 17.3 Å². The third-order valence-corrected chi connectivity index (χ3v) is 7.12. The monoisotopic (exact) mass is 564 g/mol. The van der Waals surface area contributed by atoms with Gasteiger partial charge in [-0.25, -0.2) is 4.39 Å². The number of nitrogens with one attached hydrogen (secondary N) is 2. The summed E-state index contributed by atoms with van der Waals surface area (Å²) < 4.78 is 14.4. The first kappa shape index (κ1) is 28.9. The maximum atomic E-state index is 14.4. The number of rotatable bonds is 10. The van der Waals surface area contributed by atoms with Crippen LogP contribution in [0.4, 0.5) is 10.1 Å². The molecule has 1 aliphatic heterocycles. The molecule has 3 aromatic carbocycles. The van der Waals surface area contributed by atoms with Crippen molar-refractivity contribution in [3.63, 3.8) is 0 Å². The Balaban J connectivity index is 1.50. The molecule has 0 aliphatic carbocycles. The van der Waals surface area contributed by atoms with Gasteiger partial charge in [-0.2, -0.15) is 0 Å². The number of Topliss-reactive ketones (excluding diaryl/α,β-unsaturated/α-hetero) is 1. The molecule has 3 amide bonds. The zero-order valence-corrected chi connectivity index (χ0v) is 22.5. The predicted molar refractivity (Wildman–Crippen MR) is 150 cm³/mol. The van der Waals surface area contributed by atoms with Gasteiger partial charge in [0.05, 0.1) is 10.7 Å². The minimum absolute atomic E-state index is 0.00125. The lowest BCUT2D eigenvalue weighted by molar-refractivity contribution is -0.142. The third kappa shape index (κ3) is 6.91. The Hall–Kier alpha value is -4.08. The molecule has 0 fully saturated rings. The second-order valence-corrected chi connectivity index (χ2v) is 9.94. The van der Waals surface area contributed by atoms with Gasteiger partial charge in [-0.05, 0) is 36.2 Å². The average Bonchev–Trinajstić information content (AvgIpc) is 2.97. The summed E-state index contributed by atoms with van der Waals surface area (Å²) >= 11 is 5.82. The maximum absolute atomic E-state index is 14.4. The first-order valence-corrected chi connectivity index (χ1v) is 13.4. The highest BCUT2D eigenvalue weighted by Crippen LogP contribution is 2.26. The Kier molecular flexibility index (Phi) is 9.63. The molecule has 10 heteroatoms. The number of hydrogen-bond donors (Lipinski definition) is 3. The number of nitrogens with zero attached hydrogens (tertiary/aromatic N) is 1. The Morgan fingerprint density at radius 1 is 0.950 bits per heavy atom. The van der Waals surface area contributed by atoms with Gasteiger partial charge in [0.15, 0.2) is 11.6 Å². The molecule has 4 rings (SSSR count). The van der Waals surface area contributed by atoms with Crippen LogP contribution >= 0.6 is 11.6 Å². The third-order valence-electron chi connectivity index (χ3n) is 6.83. The smallest absolute Gasteiger partial charge is 0.247 e. The molecule has 0 bridgehead atoms. The first-order valence-electron chi connectivity index (χ1n) is 13.0. The number of ketones is 1. The molecule has 208 valence electrons. The molecule has 4 N–H and O–H groups in total. The van der Waals surface area contributed by atoms with Gasteiger partial charge in [0.2, 0.25) is 17.7 Å². The minimum atomic E-state index is -1.08. The fraction of sp³-hybridized carbons (Fsp3) is 0.267. The normalized spacial score (nSPS) is 15.1. The standard InChI is InChI=1S/C30H30ClFN4O4/c31-22-11-6-12-23(28(22)32)34-29(39)24(15-16-33)35-30(40)25-17-20-9-4-5-10-21(20)18-36(25)27(38)14-13-26(37)19-7-2-1-3-8-19/h1-12,24-25H,13-18,33H2,(H,34,39)(H,35,40)/t24-,25-/m0/s1. The molecule has 0 unspecified atom stereocenters. The highest BCUT2D eigenvalue weighted by atomic mass is 35.5. The fourth-order valence-corrected chi connectivity index (χ4v) is 4.85. The van der Waals surface area contributed by atoms with Gasteiger partial charge in [0.1, 0.15) is 12.1 Å². The summed E-state index contributed by atoms with van der Waals surface area (Å²) in [6.07, 6.45) is 0.252. The summed E-state index contributed by atoms with van der Waals surface area (Å²) in [5.74, 6) is -2.51. The summed E-state index contributed by atoms with van der Waals surface area (Å²) in [6, 6.07) is 18.4. The van der Waals surface area contributed by atoms with Crippen molar-refractivity contribution >= 4 is 40.8 Å². The van der Waals surface area contributed by atoms with Crippen LogP contribution in [0.5, 0.6) is 0 Å². The van der Waals surface area contributed by atoms with Gasteiger partial charge < -0.3 is 21.3 Å². The molecule has 0 radical (unpaired) electrons. The number of nitrogens with two attached hydrogens (primary N) is 1. The molecular weight excluding hydrogens is 535 g/mol. The molecule has 0 aromatic heterocycles. The number of fused-ring (bicyclic) bond motifs is 1. The summed E-state index contributed by atoms with van der Waals surface area (Å²) in [4.78, 5) is 54.0. The van der Waals surface area contributed by atoms with Crippen LogP contribution in [0.2, 0.25) is 5.02 Å². The fourth-order valence-electron chi connectivity index (χ4n) is 4.68. The number of carbonyl (C=O) groups excluding carboxylic acids is 4. The number of hydrogen-bond acceptors (Lipinski definition) is 5. The topological polar surface area (TPSA) is 122 Å². The van der Waals surface area contributed by atoms with Gasteiger partial charge in [0.25, 0.3) is 0 Å². The van der Waals surface area contributed by atoms with Crippen molar-refractivity contribution < 1.29 is 23.6 Å². The first-order chi connectivity index (χ1) is 19.3. The van der Waals surface area contributed by atoms with Crippen molar-refractivity contribution in [1.82, 2.24) is 10.2 Å². The van der Waals surface area contributed by atoms with Gasteiger partial charge in [-0.3, -0.25) is 19.2 Å². The van der Waals surface area contributed by atoms with Crippen LogP contribution < -0.4 is 16.4 Å². The number of benzene rings is 3. The van der Waals surface area contributed by atoms with E-state index in [0.29, 0.717) is 5.56 Å². The van der Waals surface area contributed by atoms with Crippen molar-refractivity contribution in [3.05, 3.63) is 100 Å². The van der Waals surface area contributed by atoms with E-state index in [1.54, 1.807) is 30.3 Å². The largest absolute Gasteiger partial charge is 0.342 e. The van der Waals surface area contributed by atoms with E-state index in [9.17, 15) is 23.6 Å². The van der Waals surface area contributed by atoms with Gasteiger partial charge in [0, 0.05) is 31.4 Å². The molecule has 8 nitrogen and oxygen atoms in total. The number of amides is 3. The maximum Gasteiger partial charge on any atom is 0.247 e. The van der Waals surface area contributed by atoms with E-state index in [1.807, 2.05) is 24.3 Å². The van der Waals surface area contributed by atoms with Crippen LogP contribution in [0.1, 0.15) is 40.7 Å². The molecular formula is C30H30ClFN4O4. The van der Waals surface area contributed by atoms with Crippen molar-refractivity contribution in [2.45, 2.75) is 44.3 Å². The quantitative estimate of drug-likeness (QED) is 0.323. The predicted octanol–water partition coefficient (Wildman–Crippen LogP) is 3.87. The second-order valence-electron chi connectivity index (χ2n) is 9.53. The van der Waals surface area contributed by atoms with Crippen LogP contribution in [0.25, 0.3) is 0 Å². The van der Waals surface area contributed by atoms with Crippen LogP contribution in [0.3, 0.4) is 0 Å². The molecule has 1 heterocycles. The SMILES string of the molecule is NCC[C@H](NC(=O)[C@@H]1Cc2ccccc2CN1C(=O)CCC(=O)c1ccccc1)C(=O)Nc1cccc(Cl)c1F. The van der Waals surface area contributed by atoms with Crippen molar-refractivity contribution in [1.29, 1.82) is 0 Å². The summed E-state index contributed by atoms with van der Waals surface area (Å²) in [5, 5.41) is 5.00. The summed E-state index contributed by atoms with van der Waals surface area (Å²) in [7, 11) is 0. The van der Waals surface area contributed by atoms with Crippen LogP contribution in [0, 0.1) is 5.82 Å². The Bertz CT molecular complexity index is 1400. The lowest BCUT2D eigenvalue weighted by Gasteiger charge is -2.36. The van der Waals surface area contributed by atoms with E-state index >= 15 is 0 Å². The van der Waals surface area contributed by atoms with Crippen LogP contribution in [0.15, 0.2) is 72.8 Å².